The highest BCUT2D eigenvalue weighted by molar-refractivity contribution is 5.81. The van der Waals surface area contributed by atoms with Gasteiger partial charge in [-0.1, -0.05) is 162 Å². The van der Waals surface area contributed by atoms with Crippen molar-refractivity contribution in [3.63, 3.8) is 0 Å². The molecule has 220 valence electrons. The van der Waals surface area contributed by atoms with Crippen LogP contribution in [0.15, 0.2) is 0 Å². The Balaban J connectivity index is 2.01. The van der Waals surface area contributed by atoms with Crippen molar-refractivity contribution in [1.29, 1.82) is 0 Å². The molecule has 0 N–H and O–H groups in total. The van der Waals surface area contributed by atoms with Crippen molar-refractivity contribution < 1.29 is 19.0 Å². The minimum atomic E-state index is -0.983. The van der Waals surface area contributed by atoms with Crippen LogP contribution in [0, 0.1) is 0 Å². The Labute approximate surface area is 231 Å². The molecule has 0 aromatic rings. The maximum atomic E-state index is 11.6. The molecule has 1 aliphatic heterocycles. The van der Waals surface area contributed by atoms with Gasteiger partial charge < -0.3 is 14.2 Å². The molecule has 0 saturated carbocycles. The van der Waals surface area contributed by atoms with Crippen molar-refractivity contribution in [3.8, 4) is 0 Å². The summed E-state index contributed by atoms with van der Waals surface area (Å²) in [5.41, 5.74) is 0. The lowest BCUT2D eigenvalue weighted by molar-refractivity contribution is -0.389. The monoisotopic (exact) mass is 524 g/mol. The molecule has 1 saturated heterocycles. The predicted octanol–water partition coefficient (Wildman–Crippen LogP) is 10.5. The van der Waals surface area contributed by atoms with E-state index in [-0.39, 0.29) is 19.0 Å². The second-order valence-corrected chi connectivity index (χ2v) is 11.5. The van der Waals surface area contributed by atoms with Crippen molar-refractivity contribution in [2.75, 3.05) is 19.8 Å². The first kappa shape index (κ1) is 34.6. The molecule has 0 atom stereocenters. The summed E-state index contributed by atoms with van der Waals surface area (Å²) in [6, 6.07) is 0. The van der Waals surface area contributed by atoms with Crippen molar-refractivity contribution in [2.45, 2.75) is 187 Å². The number of carbonyl (C=O) groups excluding carboxylic acids is 1. The summed E-state index contributed by atoms with van der Waals surface area (Å²) in [4.78, 5) is 11.6. The van der Waals surface area contributed by atoms with Gasteiger partial charge in [0.1, 0.15) is 13.2 Å². The summed E-state index contributed by atoms with van der Waals surface area (Å²) in [5.74, 6) is -0.973. The molecule has 0 amide bonds. The lowest BCUT2D eigenvalue weighted by Gasteiger charge is -2.36. The number of carbonyl (C=O) groups is 1. The fourth-order valence-electron chi connectivity index (χ4n) is 5.29. The van der Waals surface area contributed by atoms with Gasteiger partial charge in [0.15, 0.2) is 5.78 Å². The van der Waals surface area contributed by atoms with Crippen LogP contribution in [0.25, 0.3) is 0 Å². The van der Waals surface area contributed by atoms with Crippen LogP contribution in [0.2, 0.25) is 0 Å². The van der Waals surface area contributed by atoms with E-state index in [0.29, 0.717) is 6.61 Å². The number of hydrogen-bond donors (Lipinski definition) is 0. The molecular weight excluding hydrogens is 460 g/mol. The van der Waals surface area contributed by atoms with E-state index in [2.05, 4.69) is 13.8 Å². The first-order chi connectivity index (χ1) is 18.2. The van der Waals surface area contributed by atoms with Gasteiger partial charge in [-0.15, -0.1) is 0 Å². The normalized spacial score (nSPS) is 15.5. The van der Waals surface area contributed by atoms with Crippen LogP contribution in [0.5, 0.6) is 0 Å². The third kappa shape index (κ3) is 21.1. The third-order valence-corrected chi connectivity index (χ3v) is 7.81. The zero-order chi connectivity index (χ0) is 26.7. The highest BCUT2D eigenvalue weighted by atomic mass is 16.9. The Kier molecular flexibility index (Phi) is 24.1. The van der Waals surface area contributed by atoms with E-state index in [1.165, 1.54) is 148 Å². The van der Waals surface area contributed by atoms with E-state index in [9.17, 15) is 4.79 Å². The van der Waals surface area contributed by atoms with Crippen molar-refractivity contribution >= 4 is 5.78 Å². The van der Waals surface area contributed by atoms with Crippen LogP contribution in [-0.2, 0) is 19.0 Å². The van der Waals surface area contributed by atoms with E-state index in [1.54, 1.807) is 0 Å². The number of rotatable bonds is 28. The first-order valence-corrected chi connectivity index (χ1v) is 16.7. The molecule has 1 heterocycles. The molecule has 37 heavy (non-hydrogen) atoms. The van der Waals surface area contributed by atoms with Crippen LogP contribution in [0.3, 0.4) is 0 Å². The summed E-state index contributed by atoms with van der Waals surface area (Å²) in [5, 5.41) is 0. The summed E-state index contributed by atoms with van der Waals surface area (Å²) in [6.45, 7) is 5.46. The van der Waals surface area contributed by atoms with E-state index < -0.39 is 5.97 Å². The van der Waals surface area contributed by atoms with Gasteiger partial charge in [-0.25, -0.2) is 0 Å². The molecule has 1 fully saturated rings. The zero-order valence-electron chi connectivity index (χ0n) is 25.1. The standard InChI is InChI=1S/C33H64O4/c1-3-5-7-9-11-13-15-17-18-20-22-24-26-28-33(36-30-32(34)31-37-33)35-29-27-25-23-21-19-16-14-12-10-8-6-4-2/h3-31H2,1-2H3. The van der Waals surface area contributed by atoms with Crippen molar-refractivity contribution in [1.82, 2.24) is 0 Å². The maximum absolute atomic E-state index is 11.6. The molecular formula is C33H64O4. The molecule has 0 spiro atoms. The molecule has 4 heteroatoms. The van der Waals surface area contributed by atoms with Crippen LogP contribution in [-0.4, -0.2) is 31.6 Å². The number of ketones is 1. The Hall–Kier alpha value is -0.450. The van der Waals surface area contributed by atoms with Gasteiger partial charge in [-0.3, -0.25) is 4.79 Å². The summed E-state index contributed by atoms with van der Waals surface area (Å²) >= 11 is 0. The quantitative estimate of drug-likeness (QED) is 0.0955. The fourth-order valence-corrected chi connectivity index (χ4v) is 5.29. The van der Waals surface area contributed by atoms with Gasteiger partial charge in [0, 0.05) is 6.42 Å². The van der Waals surface area contributed by atoms with Crippen LogP contribution in [0.4, 0.5) is 0 Å². The largest absolute Gasteiger partial charge is 0.327 e. The Morgan fingerprint density at radius 3 is 1.22 bits per heavy atom. The van der Waals surface area contributed by atoms with Crippen LogP contribution >= 0.6 is 0 Å². The van der Waals surface area contributed by atoms with E-state index in [1.807, 2.05) is 0 Å². The minimum absolute atomic E-state index is 0.00921. The molecule has 1 aliphatic rings. The van der Waals surface area contributed by atoms with Gasteiger partial charge in [-0.05, 0) is 12.8 Å². The topological polar surface area (TPSA) is 44.8 Å². The predicted molar refractivity (Wildman–Crippen MR) is 157 cm³/mol. The Morgan fingerprint density at radius 1 is 0.514 bits per heavy atom. The first-order valence-electron chi connectivity index (χ1n) is 16.7. The molecule has 0 aromatic heterocycles. The molecule has 0 unspecified atom stereocenters. The SMILES string of the molecule is CCCCCCCCCCCCCCCC1(OCCCCCCCCCCCCCC)OCC(=O)CO1. The van der Waals surface area contributed by atoms with Crippen molar-refractivity contribution in [2.24, 2.45) is 0 Å². The molecule has 0 aromatic carbocycles. The highest BCUT2D eigenvalue weighted by Gasteiger charge is 2.37. The fraction of sp³-hybridized carbons (Fsp3) is 0.970. The summed E-state index contributed by atoms with van der Waals surface area (Å²) < 4.78 is 17.7. The van der Waals surface area contributed by atoms with Gasteiger partial charge >= 0.3 is 0 Å². The zero-order valence-corrected chi connectivity index (χ0v) is 25.1. The maximum Gasteiger partial charge on any atom is 0.283 e. The second-order valence-electron chi connectivity index (χ2n) is 11.5. The average molecular weight is 525 g/mol. The lowest BCUT2D eigenvalue weighted by atomic mass is 10.0. The van der Waals surface area contributed by atoms with Crippen LogP contribution in [0.1, 0.15) is 181 Å². The number of ether oxygens (including phenoxy) is 3. The minimum Gasteiger partial charge on any atom is -0.327 e. The molecule has 0 bridgehead atoms. The molecule has 0 radical (unpaired) electrons. The Morgan fingerprint density at radius 2 is 0.838 bits per heavy atom. The average Bonchev–Trinajstić information content (AvgIpc) is 2.91. The molecule has 4 nitrogen and oxygen atoms in total. The second kappa shape index (κ2) is 25.8. The van der Waals surface area contributed by atoms with Gasteiger partial charge in [-0.2, -0.15) is 0 Å². The summed E-state index contributed by atoms with van der Waals surface area (Å²) in [7, 11) is 0. The lowest BCUT2D eigenvalue weighted by Crippen LogP contribution is -2.47. The Bertz CT molecular complexity index is 451. The number of Topliss-reactive ketones (excluding diaryl/α,β-unsaturated/α-hetero) is 1. The number of hydrogen-bond acceptors (Lipinski definition) is 4. The van der Waals surface area contributed by atoms with Crippen molar-refractivity contribution in [3.05, 3.63) is 0 Å². The van der Waals surface area contributed by atoms with E-state index in [0.717, 1.165) is 19.3 Å². The number of unbranched alkanes of at least 4 members (excludes halogenated alkanes) is 23. The third-order valence-electron chi connectivity index (χ3n) is 7.81. The van der Waals surface area contributed by atoms with Gasteiger partial charge in [0.2, 0.25) is 0 Å². The molecule has 0 aliphatic carbocycles. The van der Waals surface area contributed by atoms with Gasteiger partial charge in [0.25, 0.3) is 5.97 Å². The smallest absolute Gasteiger partial charge is 0.283 e. The van der Waals surface area contributed by atoms with Crippen LogP contribution < -0.4 is 0 Å². The molecule has 1 rings (SSSR count). The van der Waals surface area contributed by atoms with E-state index >= 15 is 0 Å². The van der Waals surface area contributed by atoms with Gasteiger partial charge in [0.05, 0.1) is 6.61 Å². The van der Waals surface area contributed by atoms with E-state index in [4.69, 9.17) is 14.2 Å². The highest BCUT2D eigenvalue weighted by Crippen LogP contribution is 2.27. The summed E-state index contributed by atoms with van der Waals surface area (Å²) in [6.07, 6.45) is 34.1.